The van der Waals surface area contributed by atoms with E-state index in [1.165, 1.54) is 7.11 Å². The molecule has 0 aliphatic heterocycles. The van der Waals surface area contributed by atoms with Crippen LogP contribution in [0.4, 0.5) is 4.79 Å². The van der Waals surface area contributed by atoms with Crippen molar-refractivity contribution in [2.45, 2.75) is 25.5 Å². The highest BCUT2D eigenvalue weighted by molar-refractivity contribution is 5.77. The van der Waals surface area contributed by atoms with Gasteiger partial charge in [-0.1, -0.05) is 30.3 Å². The smallest absolute Gasteiger partial charge is 0.407 e. The molecule has 0 radical (unpaired) electrons. The molecule has 110 valence electrons. The van der Waals surface area contributed by atoms with Gasteiger partial charge in [-0.15, -0.1) is 0 Å². The standard InChI is InChI=1S/C14H19NO5/c1-3-20-14(18)15-11(12(16)13(17)19-2)9-10-7-5-4-6-8-10/h4-8,11-12,16H,3,9H2,1-2H3,(H,15,18)/t11-,12+/m0/s1. The lowest BCUT2D eigenvalue weighted by Crippen LogP contribution is -2.48. The van der Waals surface area contributed by atoms with Crippen LogP contribution >= 0.6 is 0 Å². The van der Waals surface area contributed by atoms with Gasteiger partial charge in [0.05, 0.1) is 19.8 Å². The molecule has 2 N–H and O–H groups in total. The first kappa shape index (κ1) is 16.0. The van der Waals surface area contributed by atoms with Crippen LogP contribution in [-0.2, 0) is 20.7 Å². The summed E-state index contributed by atoms with van der Waals surface area (Å²) in [5, 5.41) is 12.4. The number of ether oxygens (including phenoxy) is 2. The number of alkyl carbamates (subject to hydrolysis) is 1. The highest BCUT2D eigenvalue weighted by atomic mass is 16.6. The summed E-state index contributed by atoms with van der Waals surface area (Å²) in [5.41, 5.74) is 0.872. The molecule has 6 heteroatoms. The van der Waals surface area contributed by atoms with Gasteiger partial charge in [-0.05, 0) is 18.9 Å². The molecular weight excluding hydrogens is 262 g/mol. The lowest BCUT2D eigenvalue weighted by Gasteiger charge is -2.22. The molecular formula is C14H19NO5. The van der Waals surface area contributed by atoms with E-state index in [4.69, 9.17) is 4.74 Å². The molecule has 0 saturated carbocycles. The van der Waals surface area contributed by atoms with Crippen LogP contribution in [0.1, 0.15) is 12.5 Å². The SMILES string of the molecule is CCOC(=O)N[C@@H](Cc1ccccc1)[C@@H](O)C(=O)OC. The van der Waals surface area contributed by atoms with Gasteiger partial charge < -0.3 is 19.9 Å². The monoisotopic (exact) mass is 281 g/mol. The largest absolute Gasteiger partial charge is 0.467 e. The van der Waals surface area contributed by atoms with E-state index in [1.54, 1.807) is 6.92 Å². The van der Waals surface area contributed by atoms with Crippen LogP contribution in [0.5, 0.6) is 0 Å². The van der Waals surface area contributed by atoms with Gasteiger partial charge in [-0.3, -0.25) is 0 Å². The predicted molar refractivity (Wildman–Crippen MR) is 72.1 cm³/mol. The Balaban J connectivity index is 2.78. The molecule has 0 aliphatic rings. The number of hydrogen-bond acceptors (Lipinski definition) is 5. The fraction of sp³-hybridized carbons (Fsp3) is 0.429. The third-order valence-electron chi connectivity index (χ3n) is 2.70. The summed E-state index contributed by atoms with van der Waals surface area (Å²) >= 11 is 0. The second kappa shape index (κ2) is 8.16. The van der Waals surface area contributed by atoms with Gasteiger partial charge in [0, 0.05) is 0 Å². The summed E-state index contributed by atoms with van der Waals surface area (Å²) < 4.78 is 9.25. The Bertz CT molecular complexity index is 434. The van der Waals surface area contributed by atoms with E-state index in [1.807, 2.05) is 30.3 Å². The summed E-state index contributed by atoms with van der Waals surface area (Å²) in [6, 6.07) is 8.38. The van der Waals surface area contributed by atoms with E-state index in [-0.39, 0.29) is 13.0 Å². The third kappa shape index (κ3) is 4.89. The molecule has 0 saturated heterocycles. The fourth-order valence-corrected chi connectivity index (χ4v) is 1.72. The molecule has 6 nitrogen and oxygen atoms in total. The molecule has 0 bridgehead atoms. The van der Waals surface area contributed by atoms with Gasteiger partial charge in [0.1, 0.15) is 0 Å². The molecule has 0 unspecified atom stereocenters. The fourth-order valence-electron chi connectivity index (χ4n) is 1.72. The van der Waals surface area contributed by atoms with Crippen molar-refractivity contribution in [3.63, 3.8) is 0 Å². The van der Waals surface area contributed by atoms with Crippen molar-refractivity contribution in [1.29, 1.82) is 0 Å². The number of methoxy groups -OCH3 is 1. The molecule has 1 amide bonds. The van der Waals surface area contributed by atoms with Gasteiger partial charge in [-0.25, -0.2) is 9.59 Å². The van der Waals surface area contributed by atoms with E-state index in [0.29, 0.717) is 0 Å². The number of esters is 1. The van der Waals surface area contributed by atoms with Crippen LogP contribution in [0.15, 0.2) is 30.3 Å². The minimum atomic E-state index is -1.45. The molecule has 0 spiro atoms. The molecule has 20 heavy (non-hydrogen) atoms. The molecule has 0 heterocycles. The van der Waals surface area contributed by atoms with Crippen LogP contribution in [0.25, 0.3) is 0 Å². The summed E-state index contributed by atoms with van der Waals surface area (Å²) in [7, 11) is 1.18. The molecule has 0 fully saturated rings. The van der Waals surface area contributed by atoms with E-state index >= 15 is 0 Å². The van der Waals surface area contributed by atoms with Crippen molar-refractivity contribution in [2.24, 2.45) is 0 Å². The van der Waals surface area contributed by atoms with Crippen LogP contribution in [0.2, 0.25) is 0 Å². The summed E-state index contributed by atoms with van der Waals surface area (Å²) in [6.45, 7) is 1.88. The van der Waals surface area contributed by atoms with Crippen LogP contribution in [0.3, 0.4) is 0 Å². The van der Waals surface area contributed by atoms with Crippen LogP contribution < -0.4 is 5.32 Å². The third-order valence-corrected chi connectivity index (χ3v) is 2.70. The minimum Gasteiger partial charge on any atom is -0.467 e. The maximum absolute atomic E-state index is 11.5. The molecule has 2 atom stereocenters. The van der Waals surface area contributed by atoms with Crippen molar-refractivity contribution in [2.75, 3.05) is 13.7 Å². The van der Waals surface area contributed by atoms with Gasteiger partial charge >= 0.3 is 12.1 Å². The first-order chi connectivity index (χ1) is 9.58. The number of hydrogen-bond donors (Lipinski definition) is 2. The molecule has 0 aromatic heterocycles. The molecule has 1 rings (SSSR count). The molecule has 1 aromatic rings. The zero-order chi connectivity index (χ0) is 15.0. The van der Waals surface area contributed by atoms with Crippen molar-refractivity contribution in [3.05, 3.63) is 35.9 Å². The lowest BCUT2D eigenvalue weighted by atomic mass is 10.0. The average molecular weight is 281 g/mol. The second-order valence-electron chi connectivity index (χ2n) is 4.13. The maximum Gasteiger partial charge on any atom is 0.407 e. The second-order valence-corrected chi connectivity index (χ2v) is 4.13. The van der Waals surface area contributed by atoms with Crippen molar-refractivity contribution in [3.8, 4) is 0 Å². The van der Waals surface area contributed by atoms with Crippen LogP contribution in [0, 0.1) is 0 Å². The van der Waals surface area contributed by atoms with E-state index < -0.39 is 24.2 Å². The number of nitrogens with one attached hydrogen (secondary N) is 1. The number of carbonyl (C=O) groups is 2. The highest BCUT2D eigenvalue weighted by Crippen LogP contribution is 2.08. The van der Waals surface area contributed by atoms with Crippen molar-refractivity contribution >= 4 is 12.1 Å². The maximum atomic E-state index is 11.5. The normalized spacial score (nSPS) is 13.2. The van der Waals surface area contributed by atoms with E-state index in [0.717, 1.165) is 5.56 Å². The number of amides is 1. The van der Waals surface area contributed by atoms with E-state index in [9.17, 15) is 14.7 Å². The Morgan fingerprint density at radius 2 is 1.95 bits per heavy atom. The van der Waals surface area contributed by atoms with Crippen LogP contribution in [-0.4, -0.2) is 43.0 Å². The van der Waals surface area contributed by atoms with E-state index in [2.05, 4.69) is 10.1 Å². The summed E-state index contributed by atoms with van der Waals surface area (Å²) in [4.78, 5) is 22.9. The molecule has 1 aromatic carbocycles. The quantitative estimate of drug-likeness (QED) is 0.756. The average Bonchev–Trinajstić information content (AvgIpc) is 2.46. The van der Waals surface area contributed by atoms with Gasteiger partial charge in [0.25, 0.3) is 0 Å². The Morgan fingerprint density at radius 1 is 1.30 bits per heavy atom. The number of rotatable bonds is 6. The Morgan fingerprint density at radius 3 is 2.50 bits per heavy atom. The lowest BCUT2D eigenvalue weighted by molar-refractivity contribution is -0.151. The summed E-state index contributed by atoms with van der Waals surface area (Å²) in [6.07, 6.45) is -1.85. The van der Waals surface area contributed by atoms with Gasteiger partial charge in [0.15, 0.2) is 6.10 Å². The predicted octanol–water partition coefficient (Wildman–Crippen LogP) is 0.878. The first-order valence-corrected chi connectivity index (χ1v) is 6.31. The Hall–Kier alpha value is -2.08. The zero-order valence-corrected chi connectivity index (χ0v) is 11.5. The number of carbonyl (C=O) groups excluding carboxylic acids is 2. The Kier molecular flexibility index (Phi) is 6.52. The molecule has 0 aliphatic carbocycles. The van der Waals surface area contributed by atoms with Crippen molar-refractivity contribution in [1.82, 2.24) is 5.32 Å². The van der Waals surface area contributed by atoms with Crippen molar-refractivity contribution < 1.29 is 24.2 Å². The minimum absolute atomic E-state index is 0.207. The number of aliphatic hydroxyl groups excluding tert-OH is 1. The topological polar surface area (TPSA) is 84.9 Å². The zero-order valence-electron chi connectivity index (χ0n) is 11.5. The Labute approximate surface area is 117 Å². The van der Waals surface area contributed by atoms with Gasteiger partial charge in [0.2, 0.25) is 0 Å². The summed E-state index contributed by atoms with van der Waals surface area (Å²) in [5.74, 6) is -0.803. The first-order valence-electron chi connectivity index (χ1n) is 6.31. The number of aliphatic hydroxyl groups is 1. The number of benzene rings is 1. The highest BCUT2D eigenvalue weighted by Gasteiger charge is 2.29. The van der Waals surface area contributed by atoms with Gasteiger partial charge in [-0.2, -0.15) is 0 Å².